The molecular weight excluding hydrogens is 414 g/mol. The number of rotatable bonds is 6. The summed E-state index contributed by atoms with van der Waals surface area (Å²) in [6, 6.07) is 14.7. The predicted molar refractivity (Wildman–Crippen MR) is 127 cm³/mol. The van der Waals surface area contributed by atoms with Gasteiger partial charge in [0, 0.05) is 56.2 Å². The van der Waals surface area contributed by atoms with Gasteiger partial charge in [0.2, 0.25) is 0 Å². The largest absolute Gasteiger partial charge is 0.490 e. The molecule has 1 aliphatic carbocycles. The van der Waals surface area contributed by atoms with Gasteiger partial charge in [-0.1, -0.05) is 30.3 Å². The average Bonchev–Trinajstić information content (AvgIpc) is 3.18. The highest BCUT2D eigenvalue weighted by Crippen LogP contribution is 2.45. The quantitative estimate of drug-likeness (QED) is 0.584. The zero-order valence-corrected chi connectivity index (χ0v) is 19.1. The average molecular weight is 444 g/mol. The number of likely N-dealkylation sites (N-methyl/N-ethyl adjacent to an activating group) is 1. The molecule has 3 heterocycles. The SMILES string of the molecule is CN(C)CCOc1cnccc1C(=O)N1CCN(C2c3ccccc3-c3ncccc32)CC1. The number of nitrogens with zero attached hydrogens (tertiary/aromatic N) is 5. The Hall–Kier alpha value is -3.29. The van der Waals surface area contributed by atoms with Gasteiger partial charge in [-0.2, -0.15) is 0 Å². The summed E-state index contributed by atoms with van der Waals surface area (Å²) >= 11 is 0. The maximum absolute atomic E-state index is 13.3. The Morgan fingerprint density at radius 2 is 1.82 bits per heavy atom. The molecule has 2 aliphatic rings. The van der Waals surface area contributed by atoms with Gasteiger partial charge in [-0.15, -0.1) is 0 Å². The van der Waals surface area contributed by atoms with Gasteiger partial charge in [-0.25, -0.2) is 0 Å². The van der Waals surface area contributed by atoms with Gasteiger partial charge in [0.25, 0.3) is 5.91 Å². The molecule has 5 rings (SSSR count). The molecule has 7 nitrogen and oxygen atoms in total. The lowest BCUT2D eigenvalue weighted by molar-refractivity contribution is 0.0595. The van der Waals surface area contributed by atoms with Crippen LogP contribution < -0.4 is 4.74 Å². The highest BCUT2D eigenvalue weighted by molar-refractivity contribution is 5.96. The second kappa shape index (κ2) is 9.29. The second-order valence-electron chi connectivity index (χ2n) is 8.78. The summed E-state index contributed by atoms with van der Waals surface area (Å²) in [5, 5.41) is 0. The third kappa shape index (κ3) is 4.21. The number of amides is 1. The first-order valence-electron chi connectivity index (χ1n) is 11.4. The van der Waals surface area contributed by atoms with Crippen LogP contribution in [0, 0.1) is 0 Å². The van der Waals surface area contributed by atoms with E-state index in [9.17, 15) is 4.79 Å². The first-order chi connectivity index (χ1) is 16.1. The minimum Gasteiger partial charge on any atom is -0.490 e. The standard InChI is InChI=1S/C26H29N5O2/c1-29(2)16-17-33-23-18-27-11-9-21(23)26(32)31-14-12-30(13-15-31)25-20-7-4-3-6-19(20)24-22(25)8-5-10-28-24/h3-11,18,25H,12-17H2,1-2H3. The molecule has 1 fully saturated rings. The molecule has 1 unspecified atom stereocenters. The Labute approximate surface area is 194 Å². The third-order valence-electron chi connectivity index (χ3n) is 6.42. The fourth-order valence-corrected chi connectivity index (χ4v) is 4.74. The van der Waals surface area contributed by atoms with E-state index in [4.69, 9.17) is 4.74 Å². The Bertz CT molecular complexity index is 1100. The number of aromatic nitrogens is 2. The minimum absolute atomic E-state index is 0.00536. The third-order valence-corrected chi connectivity index (χ3v) is 6.42. The van der Waals surface area contributed by atoms with Crippen LogP contribution in [0.3, 0.4) is 0 Å². The number of ether oxygens (including phenoxy) is 1. The lowest BCUT2D eigenvalue weighted by atomic mass is 10.0. The van der Waals surface area contributed by atoms with Crippen LogP contribution in [0.15, 0.2) is 61.1 Å². The van der Waals surface area contributed by atoms with E-state index in [0.717, 1.165) is 25.3 Å². The summed E-state index contributed by atoms with van der Waals surface area (Å²) in [6.07, 6.45) is 5.15. The van der Waals surface area contributed by atoms with Crippen molar-refractivity contribution in [1.82, 2.24) is 24.7 Å². The normalized spacial score (nSPS) is 17.7. The van der Waals surface area contributed by atoms with Crippen molar-refractivity contribution in [3.8, 4) is 17.0 Å². The number of pyridine rings is 2. The summed E-state index contributed by atoms with van der Waals surface area (Å²) in [5.41, 5.74) is 5.43. The van der Waals surface area contributed by atoms with Crippen LogP contribution in [-0.2, 0) is 0 Å². The Balaban J connectivity index is 1.29. The van der Waals surface area contributed by atoms with Crippen LogP contribution in [0.1, 0.15) is 27.5 Å². The van der Waals surface area contributed by atoms with E-state index < -0.39 is 0 Å². The molecule has 1 atom stereocenters. The predicted octanol–water partition coefficient (Wildman–Crippen LogP) is 2.94. The van der Waals surface area contributed by atoms with Crippen molar-refractivity contribution in [2.75, 3.05) is 53.4 Å². The van der Waals surface area contributed by atoms with Crippen LogP contribution in [0.2, 0.25) is 0 Å². The monoisotopic (exact) mass is 443 g/mol. The maximum atomic E-state index is 13.3. The number of hydrogen-bond donors (Lipinski definition) is 0. The minimum atomic E-state index is 0.00536. The van der Waals surface area contributed by atoms with Gasteiger partial charge in [-0.3, -0.25) is 19.7 Å². The van der Waals surface area contributed by atoms with Gasteiger partial charge in [0.1, 0.15) is 12.4 Å². The Morgan fingerprint density at radius 3 is 2.64 bits per heavy atom. The van der Waals surface area contributed by atoms with Crippen molar-refractivity contribution in [3.63, 3.8) is 0 Å². The first-order valence-corrected chi connectivity index (χ1v) is 11.4. The van der Waals surface area contributed by atoms with Gasteiger partial charge in [0.15, 0.2) is 0 Å². The van der Waals surface area contributed by atoms with E-state index in [1.54, 1.807) is 18.5 Å². The highest BCUT2D eigenvalue weighted by Gasteiger charge is 2.36. The molecular formula is C26H29N5O2. The summed E-state index contributed by atoms with van der Waals surface area (Å²) in [4.78, 5) is 28.6. The molecule has 1 amide bonds. The molecule has 3 aromatic rings. The van der Waals surface area contributed by atoms with Crippen molar-refractivity contribution < 1.29 is 9.53 Å². The molecule has 0 bridgehead atoms. The van der Waals surface area contributed by atoms with Crippen molar-refractivity contribution in [3.05, 3.63) is 77.7 Å². The second-order valence-corrected chi connectivity index (χ2v) is 8.78. The Morgan fingerprint density at radius 1 is 1.03 bits per heavy atom. The van der Waals surface area contributed by atoms with Crippen LogP contribution in [0.25, 0.3) is 11.3 Å². The van der Waals surface area contributed by atoms with Crippen molar-refractivity contribution in [2.45, 2.75) is 6.04 Å². The summed E-state index contributed by atoms with van der Waals surface area (Å²) in [7, 11) is 3.99. The number of fused-ring (bicyclic) bond motifs is 3. The smallest absolute Gasteiger partial charge is 0.257 e. The number of carbonyl (C=O) groups excluding carboxylic acids is 1. The van der Waals surface area contributed by atoms with E-state index >= 15 is 0 Å². The van der Waals surface area contributed by atoms with Crippen LogP contribution >= 0.6 is 0 Å². The van der Waals surface area contributed by atoms with Gasteiger partial charge in [-0.05, 0) is 31.8 Å². The van der Waals surface area contributed by atoms with Gasteiger partial charge < -0.3 is 14.5 Å². The van der Waals surface area contributed by atoms with E-state index in [2.05, 4.69) is 45.2 Å². The van der Waals surface area contributed by atoms with E-state index in [-0.39, 0.29) is 11.9 Å². The number of benzene rings is 1. The number of hydrogen-bond acceptors (Lipinski definition) is 6. The molecule has 0 saturated carbocycles. The van der Waals surface area contributed by atoms with Crippen LogP contribution in [-0.4, -0.2) is 84.0 Å². The van der Waals surface area contributed by atoms with Crippen LogP contribution in [0.4, 0.5) is 0 Å². The van der Waals surface area contributed by atoms with Crippen molar-refractivity contribution >= 4 is 5.91 Å². The summed E-state index contributed by atoms with van der Waals surface area (Å²) in [6.45, 7) is 4.25. The topological polar surface area (TPSA) is 61.8 Å². The van der Waals surface area contributed by atoms with E-state index in [0.29, 0.717) is 31.0 Å². The maximum Gasteiger partial charge on any atom is 0.257 e. The molecule has 7 heteroatoms. The number of piperazine rings is 1. The van der Waals surface area contributed by atoms with E-state index in [1.165, 1.54) is 16.7 Å². The first kappa shape index (κ1) is 21.6. The zero-order chi connectivity index (χ0) is 22.8. The molecule has 1 aliphatic heterocycles. The lowest BCUT2D eigenvalue weighted by Crippen LogP contribution is -2.49. The van der Waals surface area contributed by atoms with Gasteiger partial charge in [0.05, 0.1) is 23.5 Å². The summed E-state index contributed by atoms with van der Waals surface area (Å²) in [5.74, 6) is 0.558. The highest BCUT2D eigenvalue weighted by atomic mass is 16.5. The number of carbonyl (C=O) groups is 1. The molecule has 1 saturated heterocycles. The molecule has 0 radical (unpaired) electrons. The zero-order valence-electron chi connectivity index (χ0n) is 19.1. The molecule has 0 spiro atoms. The molecule has 2 aromatic heterocycles. The fourth-order valence-electron chi connectivity index (χ4n) is 4.74. The Kier molecular flexibility index (Phi) is 6.07. The molecule has 1 aromatic carbocycles. The molecule has 33 heavy (non-hydrogen) atoms. The molecule has 0 N–H and O–H groups in total. The fraction of sp³-hybridized carbons (Fsp3) is 0.346. The summed E-state index contributed by atoms with van der Waals surface area (Å²) < 4.78 is 5.87. The van der Waals surface area contributed by atoms with Crippen molar-refractivity contribution in [1.29, 1.82) is 0 Å². The molecule has 170 valence electrons. The van der Waals surface area contributed by atoms with Gasteiger partial charge >= 0.3 is 0 Å². The van der Waals surface area contributed by atoms with Crippen LogP contribution in [0.5, 0.6) is 5.75 Å². The lowest BCUT2D eigenvalue weighted by Gasteiger charge is -2.38. The van der Waals surface area contributed by atoms with E-state index in [1.807, 2.05) is 36.2 Å². The van der Waals surface area contributed by atoms with Crippen molar-refractivity contribution in [2.24, 2.45) is 0 Å².